The Balaban J connectivity index is 2.22. The summed E-state index contributed by atoms with van der Waals surface area (Å²) in [6, 6.07) is 7.84. The molecular formula is C20H18Cl2N2O5. The molecule has 0 radical (unpaired) electrons. The Morgan fingerprint density at radius 2 is 2.03 bits per heavy atom. The monoisotopic (exact) mass is 436 g/mol. The summed E-state index contributed by atoms with van der Waals surface area (Å²) in [5.74, 6) is -0.962. The predicted octanol–water partition coefficient (Wildman–Crippen LogP) is 3.96. The lowest BCUT2D eigenvalue weighted by Crippen LogP contribution is -2.18. The first-order valence-corrected chi connectivity index (χ1v) is 9.06. The second kappa shape index (κ2) is 10.5. The molecule has 0 aliphatic heterocycles. The Morgan fingerprint density at radius 1 is 1.28 bits per heavy atom. The number of methoxy groups -OCH3 is 1. The lowest BCUT2D eigenvalue weighted by molar-refractivity contribution is -0.139. The van der Waals surface area contributed by atoms with Crippen LogP contribution >= 0.6 is 23.2 Å². The van der Waals surface area contributed by atoms with Gasteiger partial charge in [0.25, 0.3) is 5.91 Å². The van der Waals surface area contributed by atoms with Crippen molar-refractivity contribution in [2.24, 2.45) is 5.10 Å². The lowest BCUT2D eigenvalue weighted by atomic mass is 10.1. The van der Waals surface area contributed by atoms with E-state index in [0.717, 1.165) is 0 Å². The van der Waals surface area contributed by atoms with Gasteiger partial charge < -0.3 is 14.6 Å². The number of carboxylic acids is 1. The lowest BCUT2D eigenvalue weighted by Gasteiger charge is -2.14. The van der Waals surface area contributed by atoms with Gasteiger partial charge in [-0.25, -0.2) is 10.2 Å². The summed E-state index contributed by atoms with van der Waals surface area (Å²) in [6.45, 7) is 3.18. The van der Waals surface area contributed by atoms with Gasteiger partial charge in [0.2, 0.25) is 0 Å². The predicted molar refractivity (Wildman–Crippen MR) is 112 cm³/mol. The SMILES string of the molecule is C=CCc1cc(/C=N\NC(=O)c2ccc(Cl)cc2Cl)cc(OC)c1OCC(=O)O. The summed E-state index contributed by atoms with van der Waals surface area (Å²) in [4.78, 5) is 23.0. The van der Waals surface area contributed by atoms with Crippen molar-refractivity contribution in [3.05, 3.63) is 69.7 Å². The molecule has 0 aliphatic rings. The largest absolute Gasteiger partial charge is 0.493 e. The Kier molecular flexibility index (Phi) is 8.06. The van der Waals surface area contributed by atoms with Gasteiger partial charge in [0.05, 0.1) is 23.9 Å². The maximum Gasteiger partial charge on any atom is 0.341 e. The third kappa shape index (κ3) is 6.23. The zero-order valence-electron chi connectivity index (χ0n) is 15.4. The average molecular weight is 437 g/mol. The molecule has 29 heavy (non-hydrogen) atoms. The molecule has 2 N–H and O–H groups in total. The van der Waals surface area contributed by atoms with Crippen molar-refractivity contribution in [3.63, 3.8) is 0 Å². The normalized spacial score (nSPS) is 10.6. The van der Waals surface area contributed by atoms with E-state index in [1.807, 2.05) is 0 Å². The summed E-state index contributed by atoms with van der Waals surface area (Å²) in [7, 11) is 1.44. The minimum atomic E-state index is -1.11. The molecule has 2 aromatic carbocycles. The van der Waals surface area contributed by atoms with Crippen LogP contribution in [-0.2, 0) is 11.2 Å². The fraction of sp³-hybridized carbons (Fsp3) is 0.150. The Bertz CT molecular complexity index is 960. The summed E-state index contributed by atoms with van der Waals surface area (Å²) in [5, 5.41) is 13.4. The van der Waals surface area contributed by atoms with E-state index in [-0.39, 0.29) is 10.6 Å². The van der Waals surface area contributed by atoms with Crippen LogP contribution in [0.3, 0.4) is 0 Å². The molecule has 0 heterocycles. The summed E-state index contributed by atoms with van der Waals surface area (Å²) < 4.78 is 10.6. The van der Waals surface area contributed by atoms with Crippen molar-refractivity contribution >= 4 is 41.3 Å². The van der Waals surface area contributed by atoms with Gasteiger partial charge >= 0.3 is 5.97 Å². The number of aliphatic carboxylic acids is 1. The molecule has 0 saturated heterocycles. The van der Waals surface area contributed by atoms with Crippen molar-refractivity contribution in [3.8, 4) is 11.5 Å². The first kappa shape index (κ1) is 22.3. The van der Waals surface area contributed by atoms with Crippen molar-refractivity contribution in [2.45, 2.75) is 6.42 Å². The van der Waals surface area contributed by atoms with Crippen LogP contribution in [0.4, 0.5) is 0 Å². The van der Waals surface area contributed by atoms with Crippen LogP contribution in [0.5, 0.6) is 11.5 Å². The van der Waals surface area contributed by atoms with Crippen molar-refractivity contribution in [1.82, 2.24) is 5.43 Å². The highest BCUT2D eigenvalue weighted by Gasteiger charge is 2.14. The van der Waals surface area contributed by atoms with E-state index in [9.17, 15) is 9.59 Å². The molecule has 0 atom stereocenters. The number of rotatable bonds is 9. The van der Waals surface area contributed by atoms with Crippen LogP contribution in [0.1, 0.15) is 21.5 Å². The fourth-order valence-electron chi connectivity index (χ4n) is 2.41. The van der Waals surface area contributed by atoms with Crippen LogP contribution in [0, 0.1) is 0 Å². The van der Waals surface area contributed by atoms with E-state index in [0.29, 0.717) is 34.1 Å². The van der Waals surface area contributed by atoms with Gasteiger partial charge in [-0.3, -0.25) is 4.79 Å². The quantitative estimate of drug-likeness (QED) is 0.352. The highest BCUT2D eigenvalue weighted by atomic mass is 35.5. The maximum atomic E-state index is 12.2. The molecule has 0 bridgehead atoms. The minimum Gasteiger partial charge on any atom is -0.493 e. The number of hydrogen-bond donors (Lipinski definition) is 2. The number of halogens is 2. The van der Waals surface area contributed by atoms with Crippen LogP contribution in [0.15, 0.2) is 48.1 Å². The topological polar surface area (TPSA) is 97.2 Å². The number of carboxylic acid groups (broad SMARTS) is 1. The Morgan fingerprint density at radius 3 is 2.66 bits per heavy atom. The standard InChI is InChI=1S/C20H18Cl2N2O5/c1-3-4-13-7-12(8-17(28-2)19(13)29-11-18(25)26)10-23-24-20(27)15-6-5-14(21)9-16(15)22/h3,5-10H,1,4,11H2,2H3,(H,24,27)(H,25,26)/b23-10-. The molecule has 0 saturated carbocycles. The molecule has 9 heteroatoms. The molecule has 0 aliphatic carbocycles. The zero-order valence-corrected chi connectivity index (χ0v) is 17.0. The van der Waals surface area contributed by atoms with E-state index in [1.54, 1.807) is 24.3 Å². The highest BCUT2D eigenvalue weighted by molar-refractivity contribution is 6.36. The molecule has 2 rings (SSSR count). The van der Waals surface area contributed by atoms with Gasteiger partial charge in [-0.2, -0.15) is 5.10 Å². The van der Waals surface area contributed by atoms with Gasteiger partial charge in [-0.05, 0) is 42.3 Å². The number of carbonyl (C=O) groups is 2. The van der Waals surface area contributed by atoms with Gasteiger partial charge in [0, 0.05) is 10.6 Å². The van der Waals surface area contributed by atoms with E-state index in [1.165, 1.54) is 25.5 Å². The maximum absolute atomic E-state index is 12.2. The number of carbonyl (C=O) groups excluding carboxylic acids is 1. The van der Waals surface area contributed by atoms with Crippen LogP contribution in [-0.4, -0.2) is 36.9 Å². The van der Waals surface area contributed by atoms with Gasteiger partial charge in [-0.15, -0.1) is 6.58 Å². The fourth-order valence-corrected chi connectivity index (χ4v) is 2.91. The van der Waals surface area contributed by atoms with E-state index in [2.05, 4.69) is 17.1 Å². The first-order valence-electron chi connectivity index (χ1n) is 8.30. The molecule has 152 valence electrons. The summed E-state index contributed by atoms with van der Waals surface area (Å²) >= 11 is 11.8. The summed E-state index contributed by atoms with van der Waals surface area (Å²) in [5.41, 5.74) is 3.88. The minimum absolute atomic E-state index is 0.208. The van der Waals surface area contributed by atoms with Gasteiger partial charge in [-0.1, -0.05) is 29.3 Å². The number of hydrazone groups is 1. The van der Waals surface area contributed by atoms with E-state index in [4.69, 9.17) is 37.8 Å². The first-order chi connectivity index (χ1) is 13.8. The third-order valence-corrected chi connectivity index (χ3v) is 4.18. The van der Waals surface area contributed by atoms with Crippen LogP contribution in [0.2, 0.25) is 10.0 Å². The molecule has 1 amide bonds. The highest BCUT2D eigenvalue weighted by Crippen LogP contribution is 2.33. The third-order valence-electron chi connectivity index (χ3n) is 3.63. The molecule has 0 fully saturated rings. The Labute approximate surface area is 177 Å². The molecule has 0 spiro atoms. The van der Waals surface area contributed by atoms with E-state index >= 15 is 0 Å². The number of allylic oxidation sites excluding steroid dienone is 1. The van der Waals surface area contributed by atoms with Gasteiger partial charge in [0.15, 0.2) is 18.1 Å². The number of ether oxygens (including phenoxy) is 2. The molecule has 0 unspecified atom stereocenters. The molecular weight excluding hydrogens is 419 g/mol. The van der Waals surface area contributed by atoms with Crippen molar-refractivity contribution in [1.29, 1.82) is 0 Å². The number of amides is 1. The second-order valence-electron chi connectivity index (χ2n) is 5.71. The van der Waals surface area contributed by atoms with Crippen molar-refractivity contribution < 1.29 is 24.2 Å². The van der Waals surface area contributed by atoms with Crippen LogP contribution in [0.25, 0.3) is 0 Å². The van der Waals surface area contributed by atoms with Crippen LogP contribution < -0.4 is 14.9 Å². The molecule has 0 aromatic heterocycles. The Hall–Kier alpha value is -3.03. The average Bonchev–Trinajstić information content (AvgIpc) is 2.66. The number of benzene rings is 2. The van der Waals surface area contributed by atoms with Crippen molar-refractivity contribution in [2.75, 3.05) is 13.7 Å². The zero-order chi connectivity index (χ0) is 21.4. The number of nitrogens with zero attached hydrogens (tertiary/aromatic N) is 1. The summed E-state index contributed by atoms with van der Waals surface area (Å²) in [6.07, 6.45) is 3.48. The molecule has 7 nitrogen and oxygen atoms in total. The smallest absolute Gasteiger partial charge is 0.341 e. The molecule has 2 aromatic rings. The number of nitrogens with one attached hydrogen (secondary N) is 1. The second-order valence-corrected chi connectivity index (χ2v) is 6.55. The van der Waals surface area contributed by atoms with Gasteiger partial charge in [0.1, 0.15) is 0 Å². The van der Waals surface area contributed by atoms with E-state index < -0.39 is 18.5 Å². The number of hydrogen-bond acceptors (Lipinski definition) is 5.